The lowest BCUT2D eigenvalue weighted by Crippen LogP contribution is -2.36. The van der Waals surface area contributed by atoms with Gasteiger partial charge in [-0.3, -0.25) is 10.1 Å². The van der Waals surface area contributed by atoms with E-state index in [-0.39, 0.29) is 17.8 Å². The lowest BCUT2D eigenvalue weighted by molar-refractivity contribution is -0.384. The fourth-order valence-corrected chi connectivity index (χ4v) is 2.90. The number of rotatable bonds is 5. The van der Waals surface area contributed by atoms with Crippen molar-refractivity contribution in [3.05, 3.63) is 68.4 Å². The fourth-order valence-electron chi connectivity index (χ4n) is 2.45. The first-order chi connectivity index (χ1) is 11.9. The summed E-state index contributed by atoms with van der Waals surface area (Å²) in [5, 5.41) is 13.5. The maximum atomic E-state index is 13.2. The molecule has 1 saturated carbocycles. The summed E-state index contributed by atoms with van der Waals surface area (Å²) in [6, 6.07) is 10.1. The minimum Gasteiger partial charge on any atom is -0.317 e. The Labute approximate surface area is 151 Å². The number of nitrogens with one attached hydrogen (secondary N) is 1. The zero-order valence-electron chi connectivity index (χ0n) is 13.1. The van der Waals surface area contributed by atoms with E-state index < -0.39 is 10.7 Å². The van der Waals surface area contributed by atoms with E-state index >= 15 is 0 Å². The smallest absolute Gasteiger partial charge is 0.317 e. The molecule has 0 aliphatic heterocycles. The number of amides is 2. The van der Waals surface area contributed by atoms with Gasteiger partial charge >= 0.3 is 6.03 Å². The SMILES string of the molecule is O=C(Nc1ccc(F)cc1Br)N(Cc1ccc([N+](=O)[O-])cc1)C1CC1. The molecule has 0 saturated heterocycles. The average molecular weight is 408 g/mol. The van der Waals surface area contributed by atoms with Gasteiger partial charge in [-0.1, -0.05) is 12.1 Å². The van der Waals surface area contributed by atoms with Gasteiger partial charge in [0.25, 0.3) is 5.69 Å². The predicted octanol–water partition coefficient (Wildman–Crippen LogP) is 4.69. The molecule has 8 heteroatoms. The highest BCUT2D eigenvalue weighted by atomic mass is 79.9. The molecular weight excluding hydrogens is 393 g/mol. The van der Waals surface area contributed by atoms with E-state index in [1.54, 1.807) is 17.0 Å². The van der Waals surface area contributed by atoms with Gasteiger partial charge in [0.2, 0.25) is 0 Å². The third-order valence-corrected chi connectivity index (χ3v) is 4.58. The van der Waals surface area contributed by atoms with Gasteiger partial charge in [0, 0.05) is 29.2 Å². The van der Waals surface area contributed by atoms with E-state index in [0.29, 0.717) is 16.7 Å². The van der Waals surface area contributed by atoms with Gasteiger partial charge in [-0.25, -0.2) is 9.18 Å². The molecule has 3 rings (SSSR count). The normalized spacial score (nSPS) is 13.4. The maximum Gasteiger partial charge on any atom is 0.322 e. The predicted molar refractivity (Wildman–Crippen MR) is 94.8 cm³/mol. The number of carbonyl (C=O) groups excluding carboxylic acids is 1. The van der Waals surface area contributed by atoms with Crippen LogP contribution in [-0.4, -0.2) is 21.9 Å². The van der Waals surface area contributed by atoms with Gasteiger partial charge in [0.05, 0.1) is 10.6 Å². The number of nitro groups is 1. The molecule has 0 spiro atoms. The van der Waals surface area contributed by atoms with Gasteiger partial charge in [-0.2, -0.15) is 0 Å². The number of benzene rings is 2. The molecule has 130 valence electrons. The minimum absolute atomic E-state index is 0.0152. The summed E-state index contributed by atoms with van der Waals surface area (Å²) >= 11 is 3.23. The molecule has 1 fully saturated rings. The van der Waals surface area contributed by atoms with Crippen molar-refractivity contribution in [2.45, 2.75) is 25.4 Å². The first kappa shape index (κ1) is 17.3. The summed E-state index contributed by atoms with van der Waals surface area (Å²) in [7, 11) is 0. The first-order valence-corrected chi connectivity index (χ1v) is 8.49. The van der Waals surface area contributed by atoms with Gasteiger partial charge in [-0.05, 0) is 52.5 Å². The highest BCUT2D eigenvalue weighted by Gasteiger charge is 2.33. The number of nitrogens with zero attached hydrogens (tertiary/aromatic N) is 2. The number of non-ortho nitro benzene ring substituents is 1. The molecule has 0 atom stereocenters. The first-order valence-electron chi connectivity index (χ1n) is 7.70. The van der Waals surface area contributed by atoms with Crippen LogP contribution in [-0.2, 0) is 6.54 Å². The summed E-state index contributed by atoms with van der Waals surface area (Å²) in [6.45, 7) is 0.354. The third-order valence-electron chi connectivity index (χ3n) is 3.92. The second kappa shape index (κ2) is 7.18. The van der Waals surface area contributed by atoms with Crippen LogP contribution in [0.15, 0.2) is 46.9 Å². The van der Waals surface area contributed by atoms with Crippen LogP contribution in [0.2, 0.25) is 0 Å². The monoisotopic (exact) mass is 407 g/mol. The highest BCUT2D eigenvalue weighted by Crippen LogP contribution is 2.30. The molecule has 1 N–H and O–H groups in total. The van der Waals surface area contributed by atoms with Gasteiger partial charge in [-0.15, -0.1) is 0 Å². The number of hydrogen-bond donors (Lipinski definition) is 1. The van der Waals surface area contributed by atoms with Crippen LogP contribution in [0, 0.1) is 15.9 Å². The quantitative estimate of drug-likeness (QED) is 0.576. The van der Waals surface area contributed by atoms with Crippen LogP contribution in [0.5, 0.6) is 0 Å². The Morgan fingerprint density at radius 3 is 2.52 bits per heavy atom. The maximum absolute atomic E-state index is 13.2. The molecule has 0 aromatic heterocycles. The van der Waals surface area contributed by atoms with Crippen molar-refractivity contribution in [3.63, 3.8) is 0 Å². The van der Waals surface area contributed by atoms with E-state index in [2.05, 4.69) is 21.2 Å². The van der Waals surface area contributed by atoms with Gasteiger partial charge in [0.15, 0.2) is 0 Å². The van der Waals surface area contributed by atoms with Gasteiger partial charge < -0.3 is 10.2 Å². The summed E-state index contributed by atoms with van der Waals surface area (Å²) in [4.78, 5) is 24.6. The summed E-state index contributed by atoms with van der Waals surface area (Å²) < 4.78 is 13.6. The molecule has 0 bridgehead atoms. The van der Waals surface area contributed by atoms with Crippen molar-refractivity contribution in [2.75, 3.05) is 5.32 Å². The lowest BCUT2D eigenvalue weighted by atomic mass is 10.2. The van der Waals surface area contributed by atoms with E-state index in [1.807, 2.05) is 0 Å². The number of halogens is 2. The molecule has 1 aliphatic rings. The van der Waals surface area contributed by atoms with E-state index in [4.69, 9.17) is 0 Å². The van der Waals surface area contributed by atoms with Crippen LogP contribution in [0.4, 0.5) is 20.6 Å². The molecule has 6 nitrogen and oxygen atoms in total. The molecule has 2 aromatic rings. The van der Waals surface area contributed by atoms with Crippen LogP contribution < -0.4 is 5.32 Å². The molecule has 2 amide bonds. The Morgan fingerprint density at radius 1 is 1.28 bits per heavy atom. The van der Waals surface area contributed by atoms with Crippen molar-refractivity contribution < 1.29 is 14.1 Å². The molecule has 0 unspecified atom stereocenters. The van der Waals surface area contributed by atoms with Crippen molar-refractivity contribution in [3.8, 4) is 0 Å². The zero-order valence-corrected chi connectivity index (χ0v) is 14.7. The fraction of sp³-hybridized carbons (Fsp3) is 0.235. The molecular formula is C17H15BrFN3O3. The van der Waals surface area contributed by atoms with Crippen molar-refractivity contribution in [1.29, 1.82) is 0 Å². The molecule has 0 heterocycles. The van der Waals surface area contributed by atoms with Crippen LogP contribution in [0.1, 0.15) is 18.4 Å². The standard InChI is InChI=1S/C17H15BrFN3O3/c18-15-9-12(19)3-8-16(15)20-17(23)21(13-6-7-13)10-11-1-4-14(5-2-11)22(24)25/h1-5,8-9,13H,6-7,10H2,(H,20,23). The van der Waals surface area contributed by atoms with Crippen LogP contribution >= 0.6 is 15.9 Å². The summed E-state index contributed by atoms with van der Waals surface area (Å²) in [5.41, 5.74) is 1.31. The Kier molecular flexibility index (Phi) is 4.98. The molecule has 0 radical (unpaired) electrons. The van der Waals surface area contributed by atoms with Crippen LogP contribution in [0.3, 0.4) is 0 Å². The van der Waals surface area contributed by atoms with Crippen molar-refractivity contribution >= 4 is 33.3 Å². The molecule has 2 aromatic carbocycles. The highest BCUT2D eigenvalue weighted by molar-refractivity contribution is 9.10. The molecule has 1 aliphatic carbocycles. The summed E-state index contributed by atoms with van der Waals surface area (Å²) in [5.74, 6) is -0.394. The Hall–Kier alpha value is -2.48. The Morgan fingerprint density at radius 2 is 1.96 bits per heavy atom. The number of anilines is 1. The van der Waals surface area contributed by atoms with E-state index in [9.17, 15) is 19.3 Å². The Balaban J connectivity index is 1.72. The number of urea groups is 1. The van der Waals surface area contributed by atoms with Crippen molar-refractivity contribution in [1.82, 2.24) is 4.90 Å². The topological polar surface area (TPSA) is 75.5 Å². The second-order valence-corrected chi connectivity index (χ2v) is 6.69. The minimum atomic E-state index is -0.457. The van der Waals surface area contributed by atoms with Crippen molar-refractivity contribution in [2.24, 2.45) is 0 Å². The largest absolute Gasteiger partial charge is 0.322 e. The van der Waals surface area contributed by atoms with E-state index in [1.165, 1.54) is 30.3 Å². The van der Waals surface area contributed by atoms with Gasteiger partial charge in [0.1, 0.15) is 5.82 Å². The Bertz CT molecular complexity index is 809. The second-order valence-electron chi connectivity index (χ2n) is 5.84. The molecule has 25 heavy (non-hydrogen) atoms. The average Bonchev–Trinajstić information content (AvgIpc) is 3.40. The number of nitro benzene ring substituents is 1. The zero-order chi connectivity index (χ0) is 18.0. The van der Waals surface area contributed by atoms with E-state index in [0.717, 1.165) is 18.4 Å². The van der Waals surface area contributed by atoms with Crippen LogP contribution in [0.25, 0.3) is 0 Å². The lowest BCUT2D eigenvalue weighted by Gasteiger charge is -2.23. The number of hydrogen-bond acceptors (Lipinski definition) is 3. The number of carbonyl (C=O) groups is 1. The third kappa shape index (κ3) is 4.33. The summed E-state index contributed by atoms with van der Waals surface area (Å²) in [6.07, 6.45) is 1.84.